The normalized spacial score (nSPS) is 14.6. The van der Waals surface area contributed by atoms with E-state index in [0.717, 1.165) is 11.1 Å². The molecule has 0 radical (unpaired) electrons. The van der Waals surface area contributed by atoms with Gasteiger partial charge in [0, 0.05) is 11.1 Å². The molecule has 1 aliphatic rings. The van der Waals surface area contributed by atoms with Gasteiger partial charge in [0.25, 0.3) is 0 Å². The molecule has 4 rings (SSSR count). The Bertz CT molecular complexity index is 1130. The van der Waals surface area contributed by atoms with Crippen molar-refractivity contribution in [2.75, 3.05) is 0 Å². The summed E-state index contributed by atoms with van der Waals surface area (Å²) in [7, 11) is 0. The van der Waals surface area contributed by atoms with Crippen molar-refractivity contribution >= 4 is 17.9 Å². The fourth-order valence-corrected chi connectivity index (χ4v) is 3.00. The first-order valence-electron chi connectivity index (χ1n) is 9.15. The van der Waals surface area contributed by atoms with E-state index in [2.05, 4.69) is 4.99 Å². The van der Waals surface area contributed by atoms with Crippen LogP contribution in [0.2, 0.25) is 0 Å². The number of carbonyl (C=O) groups is 1. The molecule has 4 nitrogen and oxygen atoms in total. The topological polar surface area (TPSA) is 47.9 Å². The summed E-state index contributed by atoms with van der Waals surface area (Å²) in [6.45, 7) is 2.14. The highest BCUT2D eigenvalue weighted by Gasteiger charge is 2.25. The van der Waals surface area contributed by atoms with E-state index < -0.39 is 5.97 Å². The number of nitrogens with zero attached hydrogens (tertiary/aromatic N) is 1. The number of hydrogen-bond acceptors (Lipinski definition) is 4. The number of ether oxygens (including phenoxy) is 2. The Labute approximate surface area is 167 Å². The summed E-state index contributed by atoms with van der Waals surface area (Å²) in [6.07, 6.45) is 1.63. The van der Waals surface area contributed by atoms with E-state index in [1.807, 2.05) is 49.4 Å². The molecular weight excluding hydrogens is 369 g/mol. The second-order valence-corrected chi connectivity index (χ2v) is 6.61. The van der Waals surface area contributed by atoms with Crippen LogP contribution in [0.4, 0.5) is 4.39 Å². The number of benzene rings is 3. The van der Waals surface area contributed by atoms with Crippen molar-refractivity contribution in [2.24, 2.45) is 4.99 Å². The maximum Gasteiger partial charge on any atom is 0.363 e. The van der Waals surface area contributed by atoms with E-state index in [1.165, 1.54) is 12.1 Å². The van der Waals surface area contributed by atoms with Gasteiger partial charge >= 0.3 is 5.97 Å². The van der Waals surface area contributed by atoms with Crippen LogP contribution in [-0.2, 0) is 16.1 Å². The molecule has 29 heavy (non-hydrogen) atoms. The third kappa shape index (κ3) is 4.24. The number of aliphatic imine (C=N–C) groups is 1. The molecule has 0 atom stereocenters. The molecule has 0 spiro atoms. The molecule has 0 saturated heterocycles. The Kier molecular flexibility index (Phi) is 5.20. The van der Waals surface area contributed by atoms with Gasteiger partial charge in [0.2, 0.25) is 5.90 Å². The van der Waals surface area contributed by atoms with E-state index in [9.17, 15) is 9.18 Å². The lowest BCUT2D eigenvalue weighted by atomic mass is 10.1. The van der Waals surface area contributed by atoms with Gasteiger partial charge in [-0.2, -0.15) is 0 Å². The Hall–Kier alpha value is -3.73. The van der Waals surface area contributed by atoms with Gasteiger partial charge in [-0.05, 0) is 48.4 Å². The van der Waals surface area contributed by atoms with Crippen LogP contribution in [0.3, 0.4) is 0 Å². The molecule has 0 N–H and O–H groups in total. The van der Waals surface area contributed by atoms with E-state index in [4.69, 9.17) is 9.47 Å². The lowest BCUT2D eigenvalue weighted by Gasteiger charge is -2.09. The number of carbonyl (C=O) groups excluding carboxylic acids is 1. The highest BCUT2D eigenvalue weighted by Crippen LogP contribution is 2.26. The minimum absolute atomic E-state index is 0.199. The Balaban J connectivity index is 1.60. The van der Waals surface area contributed by atoms with Crippen LogP contribution in [-0.4, -0.2) is 11.9 Å². The average Bonchev–Trinajstić information content (AvgIpc) is 3.08. The molecule has 1 heterocycles. The van der Waals surface area contributed by atoms with E-state index in [0.29, 0.717) is 16.9 Å². The van der Waals surface area contributed by atoms with Gasteiger partial charge in [0.1, 0.15) is 18.2 Å². The monoisotopic (exact) mass is 387 g/mol. The quantitative estimate of drug-likeness (QED) is 0.454. The predicted molar refractivity (Wildman–Crippen MR) is 109 cm³/mol. The maximum absolute atomic E-state index is 13.4. The molecule has 0 amide bonds. The molecule has 0 saturated carbocycles. The first-order chi connectivity index (χ1) is 14.1. The second-order valence-electron chi connectivity index (χ2n) is 6.61. The largest absolute Gasteiger partial charge is 0.488 e. The summed E-state index contributed by atoms with van der Waals surface area (Å²) in [4.78, 5) is 16.7. The van der Waals surface area contributed by atoms with Gasteiger partial charge in [0.15, 0.2) is 5.70 Å². The summed E-state index contributed by atoms with van der Waals surface area (Å²) < 4.78 is 24.6. The van der Waals surface area contributed by atoms with Crippen LogP contribution in [0.1, 0.15) is 22.3 Å². The van der Waals surface area contributed by atoms with Crippen molar-refractivity contribution in [1.82, 2.24) is 0 Å². The number of cyclic esters (lactones) is 1. The Morgan fingerprint density at radius 2 is 1.83 bits per heavy atom. The van der Waals surface area contributed by atoms with Crippen LogP contribution >= 0.6 is 0 Å². The summed E-state index contributed by atoms with van der Waals surface area (Å²) in [6, 6.07) is 21.1. The van der Waals surface area contributed by atoms with Crippen molar-refractivity contribution in [3.05, 3.63) is 107 Å². The molecule has 3 aromatic carbocycles. The number of halogens is 1. The predicted octanol–water partition coefficient (Wildman–Crippen LogP) is 5.06. The minimum Gasteiger partial charge on any atom is -0.488 e. The zero-order valence-corrected chi connectivity index (χ0v) is 15.8. The van der Waals surface area contributed by atoms with E-state index in [-0.39, 0.29) is 24.0 Å². The molecule has 3 aromatic rings. The fourth-order valence-electron chi connectivity index (χ4n) is 3.00. The van der Waals surface area contributed by atoms with Crippen molar-refractivity contribution < 1.29 is 18.7 Å². The van der Waals surface area contributed by atoms with E-state index >= 15 is 0 Å². The summed E-state index contributed by atoms with van der Waals surface area (Å²) >= 11 is 0. The van der Waals surface area contributed by atoms with Crippen LogP contribution in [0, 0.1) is 12.7 Å². The van der Waals surface area contributed by atoms with Crippen LogP contribution in [0.5, 0.6) is 5.75 Å². The van der Waals surface area contributed by atoms with E-state index in [1.54, 1.807) is 24.3 Å². The number of para-hydroxylation sites is 1. The lowest BCUT2D eigenvalue weighted by Crippen LogP contribution is -2.06. The van der Waals surface area contributed by atoms with Gasteiger partial charge in [-0.25, -0.2) is 14.2 Å². The summed E-state index contributed by atoms with van der Waals surface area (Å²) in [5, 5.41) is 0. The molecule has 144 valence electrons. The molecule has 0 aliphatic carbocycles. The SMILES string of the molecule is Cc1ccccc1C1=N/C(=C\c2ccccc2OCc2cccc(F)c2)C(=O)O1. The average molecular weight is 387 g/mol. The summed E-state index contributed by atoms with van der Waals surface area (Å²) in [5.74, 6) is 0.0329. The van der Waals surface area contributed by atoms with Crippen LogP contribution < -0.4 is 4.74 Å². The molecular formula is C24H18FNO3. The van der Waals surface area contributed by atoms with Crippen molar-refractivity contribution in [1.29, 1.82) is 0 Å². The van der Waals surface area contributed by atoms with Gasteiger partial charge in [-0.15, -0.1) is 0 Å². The van der Waals surface area contributed by atoms with Gasteiger partial charge in [0.05, 0.1) is 0 Å². The second kappa shape index (κ2) is 8.10. The first kappa shape index (κ1) is 18.6. The van der Waals surface area contributed by atoms with Gasteiger partial charge < -0.3 is 9.47 Å². The smallest absolute Gasteiger partial charge is 0.363 e. The standard InChI is InChI=1S/C24H18FNO3/c1-16-7-2-4-11-20(16)23-26-21(24(27)29-23)14-18-9-3-5-12-22(18)28-15-17-8-6-10-19(25)13-17/h2-14H,15H2,1H3/b21-14-. The zero-order chi connectivity index (χ0) is 20.2. The zero-order valence-electron chi connectivity index (χ0n) is 15.8. The Morgan fingerprint density at radius 1 is 1.03 bits per heavy atom. The molecule has 5 heteroatoms. The highest BCUT2D eigenvalue weighted by atomic mass is 19.1. The number of aryl methyl sites for hydroxylation is 1. The van der Waals surface area contributed by atoms with Gasteiger partial charge in [-0.1, -0.05) is 48.5 Å². The maximum atomic E-state index is 13.4. The van der Waals surface area contributed by atoms with Crippen molar-refractivity contribution in [2.45, 2.75) is 13.5 Å². The molecule has 0 aromatic heterocycles. The third-order valence-corrected chi connectivity index (χ3v) is 4.49. The number of rotatable bonds is 5. The molecule has 0 fully saturated rings. The lowest BCUT2D eigenvalue weighted by molar-refractivity contribution is -0.129. The van der Waals surface area contributed by atoms with Crippen LogP contribution in [0.25, 0.3) is 6.08 Å². The molecule has 0 bridgehead atoms. The third-order valence-electron chi connectivity index (χ3n) is 4.49. The summed E-state index contributed by atoms with van der Waals surface area (Å²) in [5.41, 5.74) is 3.35. The first-order valence-corrected chi connectivity index (χ1v) is 9.15. The fraction of sp³-hybridized carbons (Fsp3) is 0.0833. The van der Waals surface area contributed by atoms with Crippen molar-refractivity contribution in [3.63, 3.8) is 0 Å². The number of esters is 1. The molecule has 1 aliphatic heterocycles. The number of hydrogen-bond donors (Lipinski definition) is 0. The van der Waals surface area contributed by atoms with Crippen molar-refractivity contribution in [3.8, 4) is 5.75 Å². The van der Waals surface area contributed by atoms with Crippen LogP contribution in [0.15, 0.2) is 83.5 Å². The van der Waals surface area contributed by atoms with Gasteiger partial charge in [-0.3, -0.25) is 0 Å². The highest BCUT2D eigenvalue weighted by molar-refractivity contribution is 6.13. The minimum atomic E-state index is -0.511. The Morgan fingerprint density at radius 3 is 2.66 bits per heavy atom. The molecule has 0 unspecified atom stereocenters.